The molecule has 12 nitrogen and oxygen atoms in total. The second-order valence-electron chi connectivity index (χ2n) is 13.3. The smallest absolute Gasteiger partial charge is 0.327 e. The number of nitrogens with one attached hydrogen (secondary N) is 2. The van der Waals surface area contributed by atoms with E-state index < -0.39 is 41.8 Å². The number of hydroxylamine groups is 2. The predicted molar refractivity (Wildman–Crippen MR) is 165 cm³/mol. The number of rotatable bonds is 10. The molecule has 4 heterocycles. The third kappa shape index (κ3) is 5.56. The zero-order valence-electron chi connectivity index (χ0n) is 25.9. The molecule has 6 aliphatic rings. The first-order chi connectivity index (χ1) is 22.9. The summed E-state index contributed by atoms with van der Waals surface area (Å²) in [7, 11) is 0. The van der Waals surface area contributed by atoms with Gasteiger partial charge in [-0.05, 0) is 54.0 Å². The van der Waals surface area contributed by atoms with Gasteiger partial charge in [-0.2, -0.15) is 5.06 Å². The van der Waals surface area contributed by atoms with Crippen LogP contribution in [0.2, 0.25) is 0 Å². The van der Waals surface area contributed by atoms with Crippen LogP contribution < -0.4 is 10.6 Å². The highest BCUT2D eigenvalue weighted by molar-refractivity contribution is 5.95. The van der Waals surface area contributed by atoms with E-state index in [4.69, 9.17) is 28.9 Å². The molecule has 2 amide bonds. The molecule has 2 aromatic rings. The average Bonchev–Trinajstić information content (AvgIpc) is 3.52. The van der Waals surface area contributed by atoms with Crippen molar-refractivity contribution >= 4 is 23.9 Å². The van der Waals surface area contributed by atoms with Crippen molar-refractivity contribution in [3.8, 4) is 0 Å². The minimum atomic E-state index is -1.28. The number of nitrogens with zero attached hydrogens (tertiary/aromatic N) is 1. The molecule has 2 aromatic carbocycles. The van der Waals surface area contributed by atoms with Crippen molar-refractivity contribution in [2.75, 3.05) is 19.9 Å². The van der Waals surface area contributed by atoms with Gasteiger partial charge < -0.3 is 34.7 Å². The molecule has 2 saturated carbocycles. The van der Waals surface area contributed by atoms with Crippen LogP contribution in [-0.4, -0.2) is 90.6 Å². The number of ether oxygens (including phenoxy) is 4. The summed E-state index contributed by atoms with van der Waals surface area (Å²) in [5.74, 6) is -0.722. The van der Waals surface area contributed by atoms with Gasteiger partial charge in [-0.25, -0.2) is 0 Å². The summed E-state index contributed by atoms with van der Waals surface area (Å²) in [6.45, 7) is 0.402. The highest BCUT2D eigenvalue weighted by Crippen LogP contribution is 2.55. The minimum absolute atomic E-state index is 0.0260. The Balaban J connectivity index is 1.05. The van der Waals surface area contributed by atoms with E-state index >= 15 is 0 Å². The van der Waals surface area contributed by atoms with Crippen molar-refractivity contribution in [1.82, 2.24) is 15.7 Å². The lowest BCUT2D eigenvalue weighted by Gasteiger charge is -2.48. The maximum absolute atomic E-state index is 14.4. The average molecular weight is 646 g/mol. The van der Waals surface area contributed by atoms with Gasteiger partial charge in [0.05, 0.1) is 25.4 Å². The van der Waals surface area contributed by atoms with Crippen LogP contribution in [0.25, 0.3) is 6.08 Å². The van der Waals surface area contributed by atoms with Crippen LogP contribution in [0.15, 0.2) is 54.6 Å². The second-order valence-corrected chi connectivity index (χ2v) is 13.3. The highest BCUT2D eigenvalue weighted by atomic mass is 16.8. The second kappa shape index (κ2) is 12.4. The highest BCUT2D eigenvalue weighted by Gasteiger charge is 2.74. The molecule has 3 N–H and O–H groups in total. The van der Waals surface area contributed by atoms with Gasteiger partial charge in [0.2, 0.25) is 5.91 Å². The largest absolute Gasteiger partial charge is 0.458 e. The zero-order chi connectivity index (χ0) is 32.1. The summed E-state index contributed by atoms with van der Waals surface area (Å²) >= 11 is 0. The molecule has 0 aromatic heterocycles. The van der Waals surface area contributed by atoms with Gasteiger partial charge in [-0.15, -0.1) is 0 Å². The Kier molecular flexibility index (Phi) is 8.11. The van der Waals surface area contributed by atoms with Crippen LogP contribution in [-0.2, 0) is 46.5 Å². The van der Waals surface area contributed by atoms with Crippen molar-refractivity contribution in [3.63, 3.8) is 0 Å². The summed E-state index contributed by atoms with van der Waals surface area (Å²) in [5.41, 5.74) is 1.83. The lowest BCUT2D eigenvalue weighted by atomic mass is 9.62. The molecule has 9 atom stereocenters. The number of amides is 2. The Morgan fingerprint density at radius 3 is 2.77 bits per heavy atom. The molecule has 248 valence electrons. The maximum Gasteiger partial charge on any atom is 0.327 e. The number of aliphatic hydroxyl groups is 1. The molecule has 0 spiro atoms. The fraction of sp³-hybridized carbons (Fsp3) is 0.514. The number of carbonyl (C=O) groups excluding carboxylic acids is 3. The van der Waals surface area contributed by atoms with Crippen LogP contribution in [0, 0.1) is 11.3 Å². The van der Waals surface area contributed by atoms with Crippen molar-refractivity contribution in [1.29, 1.82) is 0 Å². The van der Waals surface area contributed by atoms with Crippen LogP contribution in [0.1, 0.15) is 52.7 Å². The first-order valence-electron chi connectivity index (χ1n) is 16.5. The molecule has 0 radical (unpaired) electrons. The molecule has 2 aliphatic carbocycles. The van der Waals surface area contributed by atoms with Crippen molar-refractivity contribution in [3.05, 3.63) is 76.9 Å². The van der Waals surface area contributed by atoms with E-state index in [1.807, 2.05) is 30.3 Å². The van der Waals surface area contributed by atoms with E-state index in [-0.39, 0.29) is 51.3 Å². The first-order valence-corrected chi connectivity index (χ1v) is 16.5. The van der Waals surface area contributed by atoms with E-state index in [2.05, 4.69) is 22.8 Å². The Morgan fingerprint density at radius 1 is 1.02 bits per heavy atom. The van der Waals surface area contributed by atoms with Crippen molar-refractivity contribution in [2.24, 2.45) is 11.3 Å². The van der Waals surface area contributed by atoms with Crippen LogP contribution in [0.4, 0.5) is 0 Å². The fourth-order valence-corrected chi connectivity index (χ4v) is 8.13. The van der Waals surface area contributed by atoms with E-state index in [9.17, 15) is 14.4 Å². The van der Waals surface area contributed by atoms with Gasteiger partial charge in [-0.1, -0.05) is 48.6 Å². The van der Waals surface area contributed by atoms with Gasteiger partial charge in [0.15, 0.2) is 6.04 Å². The molecule has 2 bridgehead atoms. The van der Waals surface area contributed by atoms with Crippen LogP contribution in [0.3, 0.4) is 0 Å². The lowest BCUT2D eigenvalue weighted by molar-refractivity contribution is -0.201. The molecule has 8 rings (SSSR count). The number of benzene rings is 2. The third-order valence-electron chi connectivity index (χ3n) is 10.5. The Morgan fingerprint density at radius 2 is 1.89 bits per heavy atom. The topological polar surface area (TPSA) is 148 Å². The van der Waals surface area contributed by atoms with Gasteiger partial charge in [-0.3, -0.25) is 19.2 Å². The van der Waals surface area contributed by atoms with E-state index in [0.29, 0.717) is 29.3 Å². The third-order valence-corrected chi connectivity index (χ3v) is 10.5. The van der Waals surface area contributed by atoms with Gasteiger partial charge in [0, 0.05) is 25.1 Å². The molecule has 47 heavy (non-hydrogen) atoms. The Bertz CT molecular complexity index is 1580. The number of hydrogen-bond acceptors (Lipinski definition) is 10. The standard InChI is InChI=1S/C35H39N3O9/c39-13-12-36-32(40)23-7-3-4-21(14-23)17-37-34(42)35-16-27-28-29(44-19-43-28)31(35)47-38(30(35)33(41)46-27)18-24-6-2-1-5-22(24)10-8-20-9-11-25-26(15-20)45-25/h1-8,10,14,20,25-31,39H,9,11-13,15-19H2,(H,36,40)(H,37,42). The lowest BCUT2D eigenvalue weighted by Crippen LogP contribution is -2.69. The molecule has 4 saturated heterocycles. The number of fused-ring (bicyclic) bond motifs is 5. The predicted octanol–water partition coefficient (Wildman–Crippen LogP) is 1.85. The molecular formula is C35H39N3O9. The SMILES string of the molecule is O=C(NCCO)c1cccc(CNC(=O)C23CC4OC(=O)C2N(Cc2ccccc2C=CC2CCC5OC5C2)OC3C2OCOC42)c1. The van der Waals surface area contributed by atoms with E-state index in [1.54, 1.807) is 23.3 Å². The van der Waals surface area contributed by atoms with Gasteiger partial charge in [0.25, 0.3) is 5.91 Å². The van der Waals surface area contributed by atoms with E-state index in [0.717, 1.165) is 30.4 Å². The molecule has 4 aliphatic heterocycles. The van der Waals surface area contributed by atoms with Crippen molar-refractivity contribution < 1.29 is 43.3 Å². The summed E-state index contributed by atoms with van der Waals surface area (Å²) in [5, 5.41) is 16.3. The van der Waals surface area contributed by atoms with E-state index in [1.165, 1.54) is 0 Å². The van der Waals surface area contributed by atoms with Gasteiger partial charge in [0.1, 0.15) is 36.6 Å². The monoisotopic (exact) mass is 645 g/mol. The van der Waals surface area contributed by atoms with Crippen LogP contribution >= 0.6 is 0 Å². The number of hydrogen-bond donors (Lipinski definition) is 3. The minimum Gasteiger partial charge on any atom is -0.458 e. The summed E-state index contributed by atoms with van der Waals surface area (Å²) < 4.78 is 23.4. The number of carbonyl (C=O) groups is 3. The maximum atomic E-state index is 14.4. The molecule has 12 heteroatoms. The summed E-state index contributed by atoms with van der Waals surface area (Å²) in [6.07, 6.45) is 6.20. The molecule has 6 fully saturated rings. The van der Waals surface area contributed by atoms with Crippen molar-refractivity contribution in [2.45, 2.75) is 81.4 Å². The van der Waals surface area contributed by atoms with Crippen LogP contribution in [0.5, 0.6) is 0 Å². The number of allylic oxidation sites excluding steroid dienone is 1. The summed E-state index contributed by atoms with van der Waals surface area (Å²) in [6, 6.07) is 13.9. The Hall–Kier alpha value is -3.65. The normalized spacial score (nSPS) is 35.2. The first kappa shape index (κ1) is 30.7. The fourth-order valence-electron chi connectivity index (χ4n) is 8.13. The number of aliphatic hydroxyl groups excluding tert-OH is 1. The molecular weight excluding hydrogens is 606 g/mol. The number of esters is 1. The van der Waals surface area contributed by atoms with Gasteiger partial charge >= 0.3 is 5.97 Å². The molecule has 9 unspecified atom stereocenters. The summed E-state index contributed by atoms with van der Waals surface area (Å²) in [4.78, 5) is 47.2. The Labute approximate surface area is 272 Å². The number of epoxide rings is 1. The quantitative estimate of drug-likeness (QED) is 0.258. The zero-order valence-corrected chi connectivity index (χ0v) is 25.9.